The summed E-state index contributed by atoms with van der Waals surface area (Å²) in [5, 5.41) is 17.0. The third-order valence-corrected chi connectivity index (χ3v) is 6.32. The van der Waals surface area contributed by atoms with Crippen molar-refractivity contribution >= 4 is 17.5 Å². The van der Waals surface area contributed by atoms with E-state index in [9.17, 15) is 23.5 Å². The van der Waals surface area contributed by atoms with Crippen molar-refractivity contribution in [1.82, 2.24) is 5.32 Å². The summed E-state index contributed by atoms with van der Waals surface area (Å²) < 4.78 is 27.7. The SMILES string of the molecule is CCc1cccc(CNC[C@H](O)[C@@H](Cc2cc(F)cc(F)c2)C(CC(=O)Nc2ccccc2)C(N)=O)c1. The summed E-state index contributed by atoms with van der Waals surface area (Å²) in [6, 6.07) is 19.8. The minimum Gasteiger partial charge on any atom is -0.391 e. The van der Waals surface area contributed by atoms with Crippen LogP contribution in [0.2, 0.25) is 0 Å². The van der Waals surface area contributed by atoms with Gasteiger partial charge in [0.2, 0.25) is 11.8 Å². The van der Waals surface area contributed by atoms with Crippen LogP contribution in [-0.2, 0) is 29.0 Å². The summed E-state index contributed by atoms with van der Waals surface area (Å²) >= 11 is 0. The van der Waals surface area contributed by atoms with Gasteiger partial charge in [-0.25, -0.2) is 8.78 Å². The lowest BCUT2D eigenvalue weighted by atomic mass is 9.80. The number of halogens is 2. The van der Waals surface area contributed by atoms with Crippen LogP contribution in [0, 0.1) is 23.5 Å². The predicted octanol–water partition coefficient (Wildman–Crippen LogP) is 3.97. The number of carbonyl (C=O) groups is 2. The normalized spacial score (nSPS) is 13.5. The molecule has 6 nitrogen and oxygen atoms in total. The number of aliphatic hydroxyl groups is 1. The Balaban J connectivity index is 1.77. The number of primary amides is 1. The molecule has 3 rings (SSSR count). The van der Waals surface area contributed by atoms with Crippen molar-refractivity contribution in [3.8, 4) is 0 Å². The number of para-hydroxylation sites is 1. The largest absolute Gasteiger partial charge is 0.391 e. The van der Waals surface area contributed by atoms with Gasteiger partial charge in [-0.2, -0.15) is 0 Å². The number of hydrogen-bond donors (Lipinski definition) is 4. The Morgan fingerprint density at radius 1 is 0.919 bits per heavy atom. The van der Waals surface area contributed by atoms with Crippen LogP contribution in [0.5, 0.6) is 0 Å². The van der Waals surface area contributed by atoms with Gasteiger partial charge in [-0.3, -0.25) is 9.59 Å². The van der Waals surface area contributed by atoms with Gasteiger partial charge in [-0.1, -0.05) is 49.4 Å². The first-order valence-electron chi connectivity index (χ1n) is 12.3. The van der Waals surface area contributed by atoms with Gasteiger partial charge in [0.15, 0.2) is 0 Å². The molecule has 0 bridgehead atoms. The molecule has 0 aliphatic rings. The quantitative estimate of drug-likeness (QED) is 0.280. The molecule has 3 aromatic rings. The highest BCUT2D eigenvalue weighted by Gasteiger charge is 2.34. The van der Waals surface area contributed by atoms with Crippen LogP contribution < -0.4 is 16.4 Å². The maximum Gasteiger partial charge on any atom is 0.225 e. The standard InChI is InChI=1S/C29H33F2N3O3/c1-2-19-7-6-8-20(11-19)17-33-18-27(35)25(14-21-12-22(30)15-23(31)13-21)26(29(32)37)16-28(36)34-24-9-4-3-5-10-24/h3-13,15,25-27,33,35H,2,14,16-18H2,1H3,(H2,32,37)(H,34,36)/t25-,26?,27-/m0/s1. The average Bonchev–Trinajstić information content (AvgIpc) is 2.86. The van der Waals surface area contributed by atoms with Gasteiger partial charge in [-0.05, 0) is 53.8 Å². The van der Waals surface area contributed by atoms with Crippen LogP contribution in [-0.4, -0.2) is 29.6 Å². The van der Waals surface area contributed by atoms with Crippen molar-refractivity contribution in [3.05, 3.63) is 101 Å². The zero-order valence-electron chi connectivity index (χ0n) is 20.8. The Labute approximate surface area is 215 Å². The van der Waals surface area contributed by atoms with Crippen LogP contribution in [0.3, 0.4) is 0 Å². The molecule has 0 aliphatic heterocycles. The predicted molar refractivity (Wildman–Crippen MR) is 139 cm³/mol. The van der Waals surface area contributed by atoms with E-state index in [1.807, 2.05) is 18.2 Å². The molecule has 0 saturated heterocycles. The molecular weight excluding hydrogens is 476 g/mol. The van der Waals surface area contributed by atoms with E-state index in [1.165, 1.54) is 5.56 Å². The molecule has 0 aromatic heterocycles. The Morgan fingerprint density at radius 3 is 2.24 bits per heavy atom. The molecule has 0 aliphatic carbocycles. The fraction of sp³-hybridized carbons (Fsp3) is 0.310. The Morgan fingerprint density at radius 2 is 1.59 bits per heavy atom. The molecule has 196 valence electrons. The van der Waals surface area contributed by atoms with E-state index in [4.69, 9.17) is 5.73 Å². The third kappa shape index (κ3) is 8.77. The van der Waals surface area contributed by atoms with E-state index in [1.54, 1.807) is 30.3 Å². The van der Waals surface area contributed by atoms with Crippen molar-refractivity contribution < 1.29 is 23.5 Å². The van der Waals surface area contributed by atoms with E-state index in [-0.39, 0.29) is 24.9 Å². The molecule has 8 heteroatoms. The summed E-state index contributed by atoms with van der Waals surface area (Å²) in [6.45, 7) is 2.62. The number of aliphatic hydroxyl groups excluding tert-OH is 1. The number of nitrogens with two attached hydrogens (primary N) is 1. The summed E-state index contributed by atoms with van der Waals surface area (Å²) in [6.07, 6.45) is -0.562. The summed E-state index contributed by atoms with van der Waals surface area (Å²) in [5.41, 5.74) is 8.71. The van der Waals surface area contributed by atoms with Crippen LogP contribution in [0.25, 0.3) is 0 Å². The molecule has 2 amide bonds. The first-order valence-corrected chi connectivity index (χ1v) is 12.3. The number of aryl methyl sites for hydroxylation is 1. The molecular formula is C29H33F2N3O3. The lowest BCUT2D eigenvalue weighted by Gasteiger charge is -2.29. The van der Waals surface area contributed by atoms with Crippen LogP contribution >= 0.6 is 0 Å². The summed E-state index contributed by atoms with van der Waals surface area (Å²) in [4.78, 5) is 25.2. The van der Waals surface area contributed by atoms with E-state index in [2.05, 4.69) is 23.6 Å². The second-order valence-electron chi connectivity index (χ2n) is 9.14. The minimum atomic E-state index is -1.12. The molecule has 3 aromatic carbocycles. The molecule has 0 saturated carbocycles. The number of carbonyl (C=O) groups excluding carboxylic acids is 2. The zero-order valence-corrected chi connectivity index (χ0v) is 20.8. The molecule has 1 unspecified atom stereocenters. The highest BCUT2D eigenvalue weighted by molar-refractivity contribution is 5.93. The van der Waals surface area contributed by atoms with Crippen molar-refractivity contribution in [1.29, 1.82) is 0 Å². The zero-order chi connectivity index (χ0) is 26.8. The number of benzene rings is 3. The van der Waals surface area contributed by atoms with Gasteiger partial charge >= 0.3 is 0 Å². The second kappa shape index (κ2) is 13.6. The number of nitrogens with one attached hydrogen (secondary N) is 2. The third-order valence-electron chi connectivity index (χ3n) is 6.32. The Bertz CT molecular complexity index is 1170. The molecule has 3 atom stereocenters. The van der Waals surface area contributed by atoms with Gasteiger partial charge in [0.25, 0.3) is 0 Å². The highest BCUT2D eigenvalue weighted by Crippen LogP contribution is 2.26. The van der Waals surface area contributed by atoms with Gasteiger partial charge < -0.3 is 21.5 Å². The number of anilines is 1. The molecule has 0 fully saturated rings. The van der Waals surface area contributed by atoms with E-state index < -0.39 is 41.4 Å². The fourth-order valence-corrected chi connectivity index (χ4v) is 4.42. The van der Waals surface area contributed by atoms with Crippen LogP contribution in [0.15, 0.2) is 72.8 Å². The lowest BCUT2D eigenvalue weighted by molar-refractivity contribution is -0.129. The molecule has 37 heavy (non-hydrogen) atoms. The van der Waals surface area contributed by atoms with E-state index in [0.29, 0.717) is 12.2 Å². The molecule has 0 radical (unpaired) electrons. The maximum atomic E-state index is 13.9. The van der Waals surface area contributed by atoms with E-state index >= 15 is 0 Å². The molecule has 0 spiro atoms. The summed E-state index contributed by atoms with van der Waals surface area (Å²) in [5.74, 6) is -4.71. The first-order chi connectivity index (χ1) is 17.7. The highest BCUT2D eigenvalue weighted by atomic mass is 19.1. The average molecular weight is 510 g/mol. The van der Waals surface area contributed by atoms with Crippen molar-refractivity contribution in [2.75, 3.05) is 11.9 Å². The number of hydrogen-bond acceptors (Lipinski definition) is 4. The van der Waals surface area contributed by atoms with Crippen molar-refractivity contribution in [2.45, 2.75) is 38.8 Å². The molecule has 0 heterocycles. The minimum absolute atomic E-state index is 0.0466. The van der Waals surface area contributed by atoms with Gasteiger partial charge in [0, 0.05) is 37.2 Å². The van der Waals surface area contributed by atoms with Gasteiger partial charge in [0.1, 0.15) is 11.6 Å². The van der Waals surface area contributed by atoms with Gasteiger partial charge in [-0.15, -0.1) is 0 Å². The smallest absolute Gasteiger partial charge is 0.225 e. The van der Waals surface area contributed by atoms with Crippen LogP contribution in [0.1, 0.15) is 30.0 Å². The van der Waals surface area contributed by atoms with Crippen molar-refractivity contribution in [3.63, 3.8) is 0 Å². The summed E-state index contributed by atoms with van der Waals surface area (Å²) in [7, 11) is 0. The van der Waals surface area contributed by atoms with E-state index in [0.717, 1.165) is 30.2 Å². The van der Waals surface area contributed by atoms with Gasteiger partial charge in [0.05, 0.1) is 12.0 Å². The number of amides is 2. The van der Waals surface area contributed by atoms with Crippen LogP contribution in [0.4, 0.5) is 14.5 Å². The second-order valence-corrected chi connectivity index (χ2v) is 9.14. The Hall–Kier alpha value is -3.62. The Kier molecular flexibility index (Phi) is 10.3. The molecule has 5 N–H and O–H groups in total. The topological polar surface area (TPSA) is 104 Å². The fourth-order valence-electron chi connectivity index (χ4n) is 4.42. The van der Waals surface area contributed by atoms with Crippen molar-refractivity contribution in [2.24, 2.45) is 17.6 Å². The number of rotatable bonds is 13. The maximum absolute atomic E-state index is 13.9. The first kappa shape index (κ1) is 28.0. The lowest BCUT2D eigenvalue weighted by Crippen LogP contribution is -2.43. The monoisotopic (exact) mass is 509 g/mol.